The van der Waals surface area contributed by atoms with Crippen molar-refractivity contribution in [1.29, 1.82) is 15.8 Å². The predicted molar refractivity (Wildman–Crippen MR) is 115 cm³/mol. The first kappa shape index (κ1) is 23.3. The quantitative estimate of drug-likeness (QED) is 0.255. The zero-order valence-electron chi connectivity index (χ0n) is 16.5. The van der Waals surface area contributed by atoms with Gasteiger partial charge in [-0.3, -0.25) is 10.1 Å². The maximum atomic E-state index is 10.8. The second-order valence-corrected chi connectivity index (χ2v) is 6.83. The molecule has 2 rings (SSSR count). The summed E-state index contributed by atoms with van der Waals surface area (Å²) in [5.74, 6) is 0. The Hall–Kier alpha value is -4.00. The SMILES string of the molecule is N#CCCC(CC#N)N(CCC#N)c1ccc(/N=N/c2ccc([N+](=O)[O-])cc2Cl)cc1. The van der Waals surface area contributed by atoms with Crippen LogP contribution in [-0.4, -0.2) is 17.5 Å². The molecule has 0 saturated carbocycles. The minimum Gasteiger partial charge on any atom is -0.366 e. The normalized spacial score (nSPS) is 11.3. The molecule has 0 saturated heterocycles. The molecule has 0 bridgehead atoms. The fourth-order valence-electron chi connectivity index (χ4n) is 2.91. The zero-order valence-corrected chi connectivity index (χ0v) is 17.2. The van der Waals surface area contributed by atoms with Gasteiger partial charge in [-0.25, -0.2) is 0 Å². The highest BCUT2D eigenvalue weighted by molar-refractivity contribution is 6.33. The van der Waals surface area contributed by atoms with E-state index in [1.54, 1.807) is 24.3 Å². The van der Waals surface area contributed by atoms with Crippen LogP contribution in [0.15, 0.2) is 52.7 Å². The molecule has 0 N–H and O–H groups in total. The zero-order chi connectivity index (χ0) is 22.6. The summed E-state index contributed by atoms with van der Waals surface area (Å²) >= 11 is 6.02. The van der Waals surface area contributed by atoms with E-state index in [1.165, 1.54) is 18.2 Å². The summed E-state index contributed by atoms with van der Waals surface area (Å²) in [6.07, 6.45) is 1.37. The van der Waals surface area contributed by atoms with E-state index in [-0.39, 0.29) is 29.6 Å². The van der Waals surface area contributed by atoms with Crippen molar-refractivity contribution in [3.8, 4) is 18.2 Å². The molecule has 0 spiro atoms. The maximum Gasteiger partial charge on any atom is 0.271 e. The van der Waals surface area contributed by atoms with Crippen molar-refractivity contribution in [2.24, 2.45) is 10.2 Å². The van der Waals surface area contributed by atoms with Gasteiger partial charge in [-0.05, 0) is 36.8 Å². The number of nitrogens with zero attached hydrogens (tertiary/aromatic N) is 7. The summed E-state index contributed by atoms with van der Waals surface area (Å²) < 4.78 is 0. The highest BCUT2D eigenvalue weighted by Gasteiger charge is 2.18. The van der Waals surface area contributed by atoms with E-state index in [9.17, 15) is 10.1 Å². The van der Waals surface area contributed by atoms with Crippen LogP contribution in [0.3, 0.4) is 0 Å². The van der Waals surface area contributed by atoms with Crippen molar-refractivity contribution in [3.05, 3.63) is 57.6 Å². The van der Waals surface area contributed by atoms with Gasteiger partial charge in [-0.1, -0.05) is 11.6 Å². The minimum atomic E-state index is -0.542. The van der Waals surface area contributed by atoms with Crippen molar-refractivity contribution in [2.75, 3.05) is 11.4 Å². The Balaban J connectivity index is 2.21. The first-order valence-corrected chi connectivity index (χ1v) is 9.71. The fraction of sp³-hybridized carbons (Fsp3) is 0.286. The van der Waals surface area contributed by atoms with E-state index in [0.717, 1.165) is 5.69 Å². The predicted octanol–water partition coefficient (Wildman–Crippen LogP) is 5.97. The van der Waals surface area contributed by atoms with Crippen LogP contribution in [-0.2, 0) is 0 Å². The van der Waals surface area contributed by atoms with Crippen molar-refractivity contribution < 1.29 is 4.92 Å². The summed E-state index contributed by atoms with van der Waals surface area (Å²) in [7, 11) is 0. The van der Waals surface area contributed by atoms with Gasteiger partial charge in [-0.2, -0.15) is 20.9 Å². The fourth-order valence-corrected chi connectivity index (χ4v) is 3.12. The van der Waals surface area contributed by atoms with E-state index >= 15 is 0 Å². The molecule has 0 radical (unpaired) electrons. The van der Waals surface area contributed by atoms with Gasteiger partial charge in [0.2, 0.25) is 0 Å². The molecule has 2 aromatic rings. The monoisotopic (exact) mass is 435 g/mol. The van der Waals surface area contributed by atoms with Gasteiger partial charge < -0.3 is 4.90 Å². The lowest BCUT2D eigenvalue weighted by molar-refractivity contribution is -0.384. The molecule has 31 heavy (non-hydrogen) atoms. The lowest BCUT2D eigenvalue weighted by Gasteiger charge is -2.31. The number of rotatable bonds is 10. The Morgan fingerprint density at radius 3 is 2.32 bits per heavy atom. The highest BCUT2D eigenvalue weighted by Crippen LogP contribution is 2.31. The number of nitriles is 3. The van der Waals surface area contributed by atoms with Crippen molar-refractivity contribution in [3.63, 3.8) is 0 Å². The number of non-ortho nitro benzene ring substituents is 1. The first-order chi connectivity index (χ1) is 15.0. The standard InChI is InChI=1S/C21H18ClN7O2/c22-20-15-19(29(30)31)8-9-21(20)27-26-16-4-6-18(7-5-16)28(14-2-12-24)17(10-13-25)3-1-11-23/h4-9,15,17H,1-3,10,14H2/b27-26+. The number of hydrogen-bond acceptors (Lipinski definition) is 8. The van der Waals surface area contributed by atoms with Gasteiger partial charge in [0.05, 0.1) is 46.7 Å². The number of azo groups is 1. The third-order valence-corrected chi connectivity index (χ3v) is 4.72. The number of hydrogen-bond donors (Lipinski definition) is 0. The van der Waals surface area contributed by atoms with Gasteiger partial charge in [0.25, 0.3) is 5.69 Å². The lowest BCUT2D eigenvalue weighted by Crippen LogP contribution is -2.36. The lowest BCUT2D eigenvalue weighted by atomic mass is 10.1. The Morgan fingerprint density at radius 2 is 1.74 bits per heavy atom. The largest absolute Gasteiger partial charge is 0.366 e. The third-order valence-electron chi connectivity index (χ3n) is 4.42. The summed E-state index contributed by atoms with van der Waals surface area (Å²) in [6.45, 7) is 0.438. The molecule has 2 aromatic carbocycles. The first-order valence-electron chi connectivity index (χ1n) is 9.33. The molecule has 0 aliphatic rings. The van der Waals surface area contributed by atoms with E-state index in [1.807, 2.05) is 4.90 Å². The van der Waals surface area contributed by atoms with Crippen LogP contribution in [0.2, 0.25) is 5.02 Å². The summed E-state index contributed by atoms with van der Waals surface area (Å²) in [4.78, 5) is 12.2. The van der Waals surface area contributed by atoms with Gasteiger partial charge in [0, 0.05) is 36.8 Å². The van der Waals surface area contributed by atoms with Crippen molar-refractivity contribution >= 4 is 34.4 Å². The van der Waals surface area contributed by atoms with Gasteiger partial charge >= 0.3 is 0 Å². The van der Waals surface area contributed by atoms with Crippen molar-refractivity contribution in [2.45, 2.75) is 31.7 Å². The number of benzene rings is 2. The van der Waals surface area contributed by atoms with Crippen LogP contribution in [0.4, 0.5) is 22.7 Å². The molecule has 0 heterocycles. The van der Waals surface area contributed by atoms with Crippen molar-refractivity contribution in [1.82, 2.24) is 0 Å². The summed E-state index contributed by atoms with van der Waals surface area (Å²) in [6, 6.07) is 17.2. The molecule has 156 valence electrons. The molecular weight excluding hydrogens is 418 g/mol. The van der Waals surface area contributed by atoms with E-state index in [4.69, 9.17) is 27.4 Å². The Bertz CT molecular complexity index is 1070. The maximum absolute atomic E-state index is 10.8. The van der Waals surface area contributed by atoms with Crippen LogP contribution >= 0.6 is 11.6 Å². The molecular formula is C21H18ClN7O2. The average molecular weight is 436 g/mol. The molecule has 9 nitrogen and oxygen atoms in total. The molecule has 1 atom stereocenters. The molecule has 0 fully saturated rings. The van der Waals surface area contributed by atoms with Crippen LogP contribution in [0, 0.1) is 44.1 Å². The number of anilines is 1. The molecule has 0 aliphatic heterocycles. The molecule has 1 unspecified atom stereocenters. The Labute approximate surface area is 184 Å². The summed E-state index contributed by atoms with van der Waals surface area (Å²) in [5.41, 5.74) is 1.51. The Kier molecular flexibility index (Phi) is 8.91. The van der Waals surface area contributed by atoms with E-state index in [2.05, 4.69) is 28.4 Å². The van der Waals surface area contributed by atoms with Gasteiger partial charge in [-0.15, -0.1) is 5.11 Å². The second-order valence-electron chi connectivity index (χ2n) is 6.42. The van der Waals surface area contributed by atoms with Crippen LogP contribution in [0.5, 0.6) is 0 Å². The second kappa shape index (κ2) is 11.9. The molecule has 10 heteroatoms. The molecule has 0 amide bonds. The minimum absolute atomic E-state index is 0.120. The van der Waals surface area contributed by atoms with E-state index < -0.39 is 4.92 Å². The number of nitro groups is 1. The van der Waals surface area contributed by atoms with Gasteiger partial charge in [0.15, 0.2) is 0 Å². The number of halogens is 1. The summed E-state index contributed by atoms with van der Waals surface area (Å²) in [5, 5.41) is 46.1. The topological polar surface area (TPSA) is 142 Å². The van der Waals surface area contributed by atoms with Crippen LogP contribution in [0.1, 0.15) is 25.7 Å². The Morgan fingerprint density at radius 1 is 1.03 bits per heavy atom. The smallest absolute Gasteiger partial charge is 0.271 e. The average Bonchev–Trinajstić information content (AvgIpc) is 2.77. The molecule has 0 aliphatic carbocycles. The van der Waals surface area contributed by atoms with Crippen LogP contribution in [0.25, 0.3) is 0 Å². The van der Waals surface area contributed by atoms with Crippen LogP contribution < -0.4 is 4.90 Å². The van der Waals surface area contributed by atoms with Gasteiger partial charge in [0.1, 0.15) is 5.69 Å². The highest BCUT2D eigenvalue weighted by atomic mass is 35.5. The van der Waals surface area contributed by atoms with E-state index in [0.29, 0.717) is 30.8 Å². The molecule has 0 aromatic heterocycles. The third kappa shape index (κ3) is 6.78. The number of nitro benzene ring substituents is 1.